The van der Waals surface area contributed by atoms with E-state index < -0.39 is 41.5 Å². The van der Waals surface area contributed by atoms with Gasteiger partial charge in [0.15, 0.2) is 0 Å². The quantitative estimate of drug-likeness (QED) is 0.518. The summed E-state index contributed by atoms with van der Waals surface area (Å²) in [5.41, 5.74) is 1.59. The molecular weight excluding hydrogens is 438 g/mol. The number of aliphatic hydroxyl groups is 1. The molecular formula is C27H26F2N2O3. The molecule has 2 fully saturated rings. The van der Waals surface area contributed by atoms with Gasteiger partial charge in [-0.25, -0.2) is 13.6 Å². The van der Waals surface area contributed by atoms with E-state index >= 15 is 0 Å². The number of cyclic esters (lactones) is 1. The number of β-amino-alcohol motifs (C(OH)–C–C–N with tert-alkyl or cyclic N) is 1. The van der Waals surface area contributed by atoms with E-state index in [0.717, 1.165) is 17.2 Å². The first kappa shape index (κ1) is 22.5. The number of aliphatic hydroxyl groups excluding tert-OH is 1. The van der Waals surface area contributed by atoms with Crippen LogP contribution in [-0.4, -0.2) is 41.5 Å². The number of hydrogen-bond acceptors (Lipinski definition) is 4. The van der Waals surface area contributed by atoms with E-state index in [1.807, 2.05) is 60.7 Å². The van der Waals surface area contributed by atoms with E-state index in [1.165, 1.54) is 12.1 Å². The lowest BCUT2D eigenvalue weighted by Gasteiger charge is -2.43. The van der Waals surface area contributed by atoms with E-state index in [1.54, 1.807) is 0 Å². The number of amides is 1. The smallest absolute Gasteiger partial charge is 0.407 e. The second-order valence-electron chi connectivity index (χ2n) is 9.09. The maximum atomic E-state index is 13.9. The van der Waals surface area contributed by atoms with Gasteiger partial charge in [0.1, 0.15) is 17.7 Å². The molecule has 176 valence electrons. The molecule has 0 saturated carbocycles. The Balaban J connectivity index is 1.60. The molecule has 5 nitrogen and oxygen atoms in total. The first-order chi connectivity index (χ1) is 16.4. The predicted octanol–water partition coefficient (Wildman–Crippen LogP) is 3.91. The van der Waals surface area contributed by atoms with Crippen LogP contribution in [0.3, 0.4) is 0 Å². The summed E-state index contributed by atoms with van der Waals surface area (Å²) in [6.45, 7) is 0.339. The van der Waals surface area contributed by atoms with Gasteiger partial charge in [-0.1, -0.05) is 60.7 Å². The molecule has 2 aliphatic rings. The van der Waals surface area contributed by atoms with Crippen LogP contribution in [0, 0.1) is 11.6 Å². The third-order valence-electron chi connectivity index (χ3n) is 6.81. The number of carbonyl (C=O) groups is 1. The van der Waals surface area contributed by atoms with Crippen LogP contribution in [0.4, 0.5) is 13.6 Å². The number of rotatable bonds is 6. The molecule has 0 unspecified atom stereocenters. The minimum absolute atomic E-state index is 0.181. The van der Waals surface area contributed by atoms with Crippen LogP contribution in [0.5, 0.6) is 0 Å². The number of hydrogen-bond donors (Lipinski definition) is 3. The summed E-state index contributed by atoms with van der Waals surface area (Å²) in [6.07, 6.45) is -1.40. The first-order valence-corrected chi connectivity index (χ1v) is 11.4. The van der Waals surface area contributed by atoms with Crippen molar-refractivity contribution in [2.45, 2.75) is 42.5 Å². The lowest BCUT2D eigenvalue weighted by Crippen LogP contribution is -2.60. The van der Waals surface area contributed by atoms with Crippen LogP contribution in [0.25, 0.3) is 0 Å². The molecule has 0 radical (unpaired) electrons. The Kier molecular flexibility index (Phi) is 6.06. The molecule has 2 aliphatic heterocycles. The van der Waals surface area contributed by atoms with E-state index in [0.29, 0.717) is 18.5 Å². The van der Waals surface area contributed by atoms with Gasteiger partial charge in [0.05, 0.1) is 17.7 Å². The van der Waals surface area contributed by atoms with Crippen LogP contribution in [0.15, 0.2) is 78.9 Å². The highest BCUT2D eigenvalue weighted by Gasteiger charge is 2.57. The third-order valence-corrected chi connectivity index (χ3v) is 6.81. The van der Waals surface area contributed by atoms with Gasteiger partial charge < -0.3 is 20.5 Å². The molecule has 3 N–H and O–H groups in total. The van der Waals surface area contributed by atoms with Crippen molar-refractivity contribution in [3.63, 3.8) is 0 Å². The van der Waals surface area contributed by atoms with Crippen LogP contribution in [-0.2, 0) is 11.2 Å². The van der Waals surface area contributed by atoms with Gasteiger partial charge in [-0.3, -0.25) is 0 Å². The van der Waals surface area contributed by atoms with Gasteiger partial charge in [0.2, 0.25) is 0 Å². The molecule has 2 heterocycles. The Morgan fingerprint density at radius 3 is 2.09 bits per heavy atom. The lowest BCUT2D eigenvalue weighted by atomic mass is 9.68. The molecule has 1 amide bonds. The molecule has 34 heavy (non-hydrogen) atoms. The van der Waals surface area contributed by atoms with Crippen LogP contribution < -0.4 is 10.6 Å². The van der Waals surface area contributed by atoms with Gasteiger partial charge in [-0.15, -0.1) is 0 Å². The van der Waals surface area contributed by atoms with Crippen LogP contribution in [0.1, 0.15) is 29.0 Å². The van der Waals surface area contributed by atoms with Gasteiger partial charge in [0.25, 0.3) is 0 Å². The number of alkyl carbamates (subject to hydrolysis) is 1. The zero-order valence-corrected chi connectivity index (χ0v) is 18.5. The highest BCUT2D eigenvalue weighted by atomic mass is 19.1. The van der Waals surface area contributed by atoms with Gasteiger partial charge in [-0.2, -0.15) is 0 Å². The summed E-state index contributed by atoms with van der Waals surface area (Å²) in [7, 11) is 0. The minimum Gasteiger partial charge on any atom is -0.442 e. The van der Waals surface area contributed by atoms with Gasteiger partial charge in [0, 0.05) is 18.5 Å². The van der Waals surface area contributed by atoms with E-state index in [-0.39, 0.29) is 12.3 Å². The number of nitrogens with one attached hydrogen (secondary N) is 2. The summed E-state index contributed by atoms with van der Waals surface area (Å²) in [4.78, 5) is 12.5. The minimum atomic E-state index is -0.849. The number of ether oxygens (including phenoxy) is 1. The zero-order chi connectivity index (χ0) is 23.7. The molecule has 0 aromatic heterocycles. The van der Waals surface area contributed by atoms with Crippen molar-refractivity contribution < 1.29 is 23.4 Å². The maximum Gasteiger partial charge on any atom is 0.407 e. The summed E-state index contributed by atoms with van der Waals surface area (Å²) < 4.78 is 33.6. The van der Waals surface area contributed by atoms with E-state index in [9.17, 15) is 18.7 Å². The Bertz CT molecular complexity index is 1100. The number of carbonyl (C=O) groups excluding carboxylic acids is 1. The van der Waals surface area contributed by atoms with Crippen molar-refractivity contribution in [3.8, 4) is 0 Å². The average Bonchev–Trinajstić information content (AvgIpc) is 3.38. The summed E-state index contributed by atoms with van der Waals surface area (Å²) in [5.74, 6) is -1.60. The topological polar surface area (TPSA) is 70.6 Å². The molecule has 3 aromatic carbocycles. The highest BCUT2D eigenvalue weighted by molar-refractivity contribution is 5.71. The van der Waals surface area contributed by atoms with Gasteiger partial charge >= 0.3 is 6.09 Å². The highest BCUT2D eigenvalue weighted by Crippen LogP contribution is 2.45. The number of benzene rings is 3. The molecule has 0 spiro atoms. The van der Waals surface area contributed by atoms with Crippen molar-refractivity contribution >= 4 is 6.09 Å². The molecule has 5 rings (SSSR count). The fourth-order valence-electron chi connectivity index (χ4n) is 5.58. The second kappa shape index (κ2) is 9.16. The maximum absolute atomic E-state index is 13.9. The lowest BCUT2D eigenvalue weighted by molar-refractivity contribution is 0.0463. The average molecular weight is 465 g/mol. The second-order valence-corrected chi connectivity index (χ2v) is 9.09. The van der Waals surface area contributed by atoms with E-state index in [2.05, 4.69) is 10.6 Å². The Morgan fingerprint density at radius 1 is 0.971 bits per heavy atom. The molecule has 7 heteroatoms. The molecule has 4 atom stereocenters. The molecule has 3 aromatic rings. The van der Waals surface area contributed by atoms with Crippen LogP contribution in [0.2, 0.25) is 0 Å². The predicted molar refractivity (Wildman–Crippen MR) is 123 cm³/mol. The fourth-order valence-corrected chi connectivity index (χ4v) is 5.58. The molecule has 0 bridgehead atoms. The van der Waals surface area contributed by atoms with E-state index in [4.69, 9.17) is 4.74 Å². The van der Waals surface area contributed by atoms with Crippen molar-refractivity contribution in [2.75, 3.05) is 6.54 Å². The first-order valence-electron chi connectivity index (χ1n) is 11.4. The normalized spacial score (nSPS) is 26.5. The Labute approximate surface area is 196 Å². The van der Waals surface area contributed by atoms with Gasteiger partial charge in [-0.05, 0) is 41.7 Å². The SMILES string of the molecule is O=C1N[C@@H](Cc2cc(F)cc(F)c2)[C@@H]([C@]2(C(c3ccccc3)c3ccccc3)C[C@H](O)CN2)O1. The summed E-state index contributed by atoms with van der Waals surface area (Å²) >= 11 is 0. The standard InChI is InChI=1S/C27H26F2N2O3/c28-20-11-17(12-21(29)14-20)13-23-25(34-26(33)31-23)27(15-22(32)16-30-27)24(18-7-3-1-4-8-18)19-9-5-2-6-10-19/h1-12,14,22-25,30,32H,13,15-16H2,(H,31,33)/t22-,23-,25-,27+/m0/s1. The monoisotopic (exact) mass is 464 g/mol. The number of halogens is 2. The Morgan fingerprint density at radius 2 is 1.56 bits per heavy atom. The van der Waals surface area contributed by atoms with Crippen molar-refractivity contribution in [2.24, 2.45) is 0 Å². The molecule has 2 saturated heterocycles. The van der Waals surface area contributed by atoms with Crippen molar-refractivity contribution in [3.05, 3.63) is 107 Å². The Hall–Kier alpha value is -3.29. The molecule has 0 aliphatic carbocycles. The summed E-state index contributed by atoms with van der Waals surface area (Å²) in [5, 5.41) is 17.0. The summed E-state index contributed by atoms with van der Waals surface area (Å²) in [6, 6.07) is 22.6. The van der Waals surface area contributed by atoms with Crippen LogP contribution >= 0.6 is 0 Å². The largest absolute Gasteiger partial charge is 0.442 e. The van der Waals surface area contributed by atoms with Crippen molar-refractivity contribution in [1.82, 2.24) is 10.6 Å². The van der Waals surface area contributed by atoms with Crippen molar-refractivity contribution in [1.29, 1.82) is 0 Å². The zero-order valence-electron chi connectivity index (χ0n) is 18.5. The fraction of sp³-hybridized carbons (Fsp3) is 0.296. The third kappa shape index (κ3) is 4.29.